The highest BCUT2D eigenvalue weighted by Crippen LogP contribution is 2.27. The Morgan fingerprint density at radius 3 is 1.86 bits per heavy atom. The van der Waals surface area contributed by atoms with Crippen LogP contribution in [0.25, 0.3) is 21.8 Å². The minimum absolute atomic E-state index is 0.103. The second-order valence-corrected chi connectivity index (χ2v) is 10.2. The fourth-order valence-electron chi connectivity index (χ4n) is 4.45. The normalized spacial score (nSPS) is 10.8. The summed E-state index contributed by atoms with van der Waals surface area (Å²) in [5, 5.41) is 20.9. The van der Waals surface area contributed by atoms with Crippen LogP contribution in [0.15, 0.2) is 113 Å². The van der Waals surface area contributed by atoms with Crippen LogP contribution in [0.1, 0.15) is 47.3 Å². The van der Waals surface area contributed by atoms with Gasteiger partial charge in [0.15, 0.2) is 6.40 Å². The van der Waals surface area contributed by atoms with E-state index < -0.39 is 5.97 Å². The van der Waals surface area contributed by atoms with E-state index in [9.17, 15) is 19.8 Å². The lowest BCUT2D eigenvalue weighted by atomic mass is 10.1. The minimum atomic E-state index is -0.422. The van der Waals surface area contributed by atoms with Gasteiger partial charge in [0.05, 0.1) is 31.2 Å². The van der Waals surface area contributed by atoms with Crippen LogP contribution in [-0.2, 0) is 14.2 Å². The average Bonchev–Trinajstić information content (AvgIpc) is 3.75. The van der Waals surface area contributed by atoms with E-state index >= 15 is 0 Å². The fraction of sp³-hybridized carbons (Fsp3) is 0.158. The summed E-state index contributed by atoms with van der Waals surface area (Å²) in [7, 11) is 0. The summed E-state index contributed by atoms with van der Waals surface area (Å²) in [6.45, 7) is 6.76. The first-order valence-electron chi connectivity index (χ1n) is 15.6. The van der Waals surface area contributed by atoms with E-state index in [1.165, 1.54) is 6.40 Å². The van der Waals surface area contributed by atoms with Gasteiger partial charge in [-0.25, -0.2) is 14.6 Å². The number of fused-ring (bicyclic) bond motifs is 2. The number of hydrogen-bond acceptors (Lipinski definition) is 9. The van der Waals surface area contributed by atoms with Crippen molar-refractivity contribution >= 4 is 57.7 Å². The van der Waals surface area contributed by atoms with E-state index in [1.807, 2.05) is 67.6 Å². The number of aromatic hydroxyl groups is 2. The molecule has 0 unspecified atom stereocenters. The molecule has 0 aliphatic carbocycles. The van der Waals surface area contributed by atoms with Crippen LogP contribution in [0.4, 0.5) is 11.4 Å². The molecule has 6 rings (SSSR count). The number of nitrogens with zero attached hydrogens (tertiary/aromatic N) is 2. The number of nitrogens with one attached hydrogen (secondary N) is 2. The molecule has 2 aromatic heterocycles. The molecule has 252 valence electrons. The third kappa shape index (κ3) is 10.3. The fourth-order valence-corrected chi connectivity index (χ4v) is 4.45. The molecular weight excluding hydrogens is 624 g/mol. The molecule has 11 heteroatoms. The third-order valence-electron chi connectivity index (χ3n) is 6.72. The first-order valence-corrected chi connectivity index (χ1v) is 15.6. The Hall–Kier alpha value is -6.36. The molecule has 0 aliphatic heterocycles. The van der Waals surface area contributed by atoms with Crippen molar-refractivity contribution in [1.29, 1.82) is 0 Å². The molecule has 49 heavy (non-hydrogen) atoms. The molecule has 4 aromatic carbocycles. The molecule has 11 nitrogen and oxygen atoms in total. The summed E-state index contributed by atoms with van der Waals surface area (Å²) in [5.41, 5.74) is 4.54. The highest BCUT2D eigenvalue weighted by Gasteiger charge is 2.14. The Bertz CT molecular complexity index is 2020. The quantitative estimate of drug-likeness (QED) is 0.0689. The maximum atomic E-state index is 11.8. The maximum Gasteiger partial charge on any atom is 0.354 e. The number of rotatable bonds is 9. The molecular formula is C38H38N4O7. The van der Waals surface area contributed by atoms with Gasteiger partial charge in [0.25, 0.3) is 0 Å². The van der Waals surface area contributed by atoms with Gasteiger partial charge in [-0.1, -0.05) is 36.4 Å². The lowest BCUT2D eigenvalue weighted by Gasteiger charge is -2.00. The van der Waals surface area contributed by atoms with Crippen molar-refractivity contribution in [2.24, 2.45) is 9.98 Å². The van der Waals surface area contributed by atoms with Crippen molar-refractivity contribution in [1.82, 2.24) is 9.97 Å². The van der Waals surface area contributed by atoms with Crippen molar-refractivity contribution in [2.45, 2.75) is 20.8 Å². The standard InChI is InChI=1S/C18H16N2O3.C11H11NO3.C9H11NO/c1-2-23-18(22)16-10-13-14(17(21)9-8-15(13)20-16)11-19-12-6-4-3-5-7-12;1-2-15-11(14)10-6-7-5-8(13)3-4-9(7)12-10;1-2-11-8-10-9-6-4-3-5-7-9/h3-11,20-21H,2H2,1H3;3-6,12-13H,2H2,1H3;3-8H,2H2,1H3. The number of phenolic OH excluding ortho intramolecular Hbond substituents is 2. The van der Waals surface area contributed by atoms with Gasteiger partial charge in [-0.2, -0.15) is 0 Å². The topological polar surface area (TPSA) is 159 Å². The first kappa shape index (κ1) is 35.5. The number of aliphatic imine (C=N–C) groups is 2. The summed E-state index contributed by atoms with van der Waals surface area (Å²) >= 11 is 0. The van der Waals surface area contributed by atoms with Crippen LogP contribution in [0, 0.1) is 0 Å². The molecule has 0 spiro atoms. The predicted molar refractivity (Wildman–Crippen MR) is 192 cm³/mol. The second-order valence-electron chi connectivity index (χ2n) is 10.2. The minimum Gasteiger partial charge on any atom is -0.508 e. The molecule has 0 radical (unpaired) electrons. The van der Waals surface area contributed by atoms with Gasteiger partial charge in [0.1, 0.15) is 22.9 Å². The molecule has 0 amide bonds. The third-order valence-corrected chi connectivity index (χ3v) is 6.72. The highest BCUT2D eigenvalue weighted by atomic mass is 16.5. The van der Waals surface area contributed by atoms with Crippen molar-refractivity contribution in [2.75, 3.05) is 19.8 Å². The number of H-pyrrole nitrogens is 2. The van der Waals surface area contributed by atoms with Crippen molar-refractivity contribution in [3.05, 3.63) is 120 Å². The molecule has 2 heterocycles. The predicted octanol–water partition coefficient (Wildman–Crippen LogP) is 8.23. The van der Waals surface area contributed by atoms with Gasteiger partial charge in [0.2, 0.25) is 0 Å². The van der Waals surface area contributed by atoms with Crippen LogP contribution in [0.5, 0.6) is 11.5 Å². The Kier molecular flexibility index (Phi) is 13.1. The van der Waals surface area contributed by atoms with Crippen molar-refractivity contribution in [3.63, 3.8) is 0 Å². The van der Waals surface area contributed by atoms with Crippen LogP contribution >= 0.6 is 0 Å². The zero-order valence-corrected chi connectivity index (χ0v) is 27.4. The largest absolute Gasteiger partial charge is 0.508 e. The molecule has 0 atom stereocenters. The first-order chi connectivity index (χ1) is 23.8. The number of esters is 2. The van der Waals surface area contributed by atoms with Gasteiger partial charge in [-0.15, -0.1) is 0 Å². The Balaban J connectivity index is 0.000000179. The number of aromatic nitrogens is 2. The average molecular weight is 663 g/mol. The van der Waals surface area contributed by atoms with E-state index in [4.69, 9.17) is 14.2 Å². The zero-order valence-electron chi connectivity index (χ0n) is 27.4. The number of para-hydroxylation sites is 2. The summed E-state index contributed by atoms with van der Waals surface area (Å²) in [6.07, 6.45) is 3.06. The van der Waals surface area contributed by atoms with Gasteiger partial charge >= 0.3 is 11.9 Å². The lowest BCUT2D eigenvalue weighted by Crippen LogP contribution is -2.04. The summed E-state index contributed by atoms with van der Waals surface area (Å²) in [4.78, 5) is 37.6. The van der Waals surface area contributed by atoms with E-state index in [2.05, 4.69) is 20.0 Å². The van der Waals surface area contributed by atoms with Crippen molar-refractivity contribution < 1.29 is 34.0 Å². The van der Waals surface area contributed by atoms with Gasteiger partial charge < -0.3 is 34.4 Å². The van der Waals surface area contributed by atoms with Crippen LogP contribution in [0.2, 0.25) is 0 Å². The number of aromatic amines is 2. The highest BCUT2D eigenvalue weighted by molar-refractivity contribution is 6.05. The van der Waals surface area contributed by atoms with Gasteiger partial charge in [-0.05, 0) is 87.5 Å². The summed E-state index contributed by atoms with van der Waals surface area (Å²) in [5.74, 6) is -0.522. The Morgan fingerprint density at radius 1 is 0.673 bits per heavy atom. The molecule has 0 fully saturated rings. The molecule has 0 saturated heterocycles. The van der Waals surface area contributed by atoms with E-state index in [0.29, 0.717) is 42.2 Å². The van der Waals surface area contributed by atoms with Crippen LogP contribution in [0.3, 0.4) is 0 Å². The Morgan fingerprint density at radius 2 is 1.24 bits per heavy atom. The van der Waals surface area contributed by atoms with Crippen LogP contribution < -0.4 is 0 Å². The molecule has 4 N–H and O–H groups in total. The summed E-state index contributed by atoms with van der Waals surface area (Å²) in [6, 6.07) is 30.6. The molecule has 0 bridgehead atoms. The maximum absolute atomic E-state index is 11.8. The zero-order chi connectivity index (χ0) is 35.0. The van der Waals surface area contributed by atoms with Gasteiger partial charge in [0, 0.05) is 33.6 Å². The second kappa shape index (κ2) is 18.1. The smallest absolute Gasteiger partial charge is 0.354 e. The SMILES string of the molecule is CCOC(=O)c1cc2c(C=Nc3ccccc3)c(O)ccc2[nH]1.CCOC(=O)c1cc2cc(O)ccc2[nH]1.CCOC=Nc1ccccc1. The number of carbonyl (C=O) groups excluding carboxylic acids is 2. The van der Waals surface area contributed by atoms with Crippen LogP contribution in [-0.4, -0.2) is 64.6 Å². The molecule has 0 saturated carbocycles. The number of benzene rings is 4. The molecule has 6 aromatic rings. The van der Waals surface area contributed by atoms with E-state index in [0.717, 1.165) is 27.8 Å². The lowest BCUT2D eigenvalue weighted by molar-refractivity contribution is 0.0511. The molecule has 0 aliphatic rings. The van der Waals surface area contributed by atoms with Crippen molar-refractivity contribution in [3.8, 4) is 11.5 Å². The van der Waals surface area contributed by atoms with Gasteiger partial charge in [-0.3, -0.25) is 4.99 Å². The number of carbonyl (C=O) groups is 2. The van der Waals surface area contributed by atoms with E-state index in [1.54, 1.807) is 62.5 Å². The van der Waals surface area contributed by atoms with E-state index in [-0.39, 0.29) is 17.5 Å². The Labute approximate surface area is 283 Å². The monoisotopic (exact) mass is 662 g/mol. The number of ether oxygens (including phenoxy) is 3. The number of phenols is 2. The summed E-state index contributed by atoms with van der Waals surface area (Å²) < 4.78 is 14.8. The number of hydrogen-bond donors (Lipinski definition) is 4.